The molecule has 29 heavy (non-hydrogen) atoms. The Kier molecular flexibility index (Phi) is 13.9. The fraction of sp³-hybridized carbons (Fsp3) is 1.00. The second kappa shape index (κ2) is 13.7. The fourth-order valence-corrected chi connectivity index (χ4v) is 5.49. The van der Waals surface area contributed by atoms with Crippen molar-refractivity contribution in [3.63, 3.8) is 0 Å². The molecular formula is C12H33O13PSi3. The summed E-state index contributed by atoms with van der Waals surface area (Å²) in [5, 5.41) is 0. The fourth-order valence-electron chi connectivity index (χ4n) is 2.03. The van der Waals surface area contributed by atoms with E-state index in [1.54, 1.807) is 0 Å². The number of hydrogen-bond donors (Lipinski definition) is 9. The summed E-state index contributed by atoms with van der Waals surface area (Å²) in [5.74, 6) is 0. The van der Waals surface area contributed by atoms with Gasteiger partial charge in [0.1, 0.15) is 0 Å². The van der Waals surface area contributed by atoms with Crippen molar-refractivity contribution in [2.24, 2.45) is 0 Å². The highest BCUT2D eigenvalue weighted by Gasteiger charge is 2.30. The zero-order valence-electron chi connectivity index (χ0n) is 16.1. The van der Waals surface area contributed by atoms with Crippen LogP contribution >= 0.6 is 7.82 Å². The van der Waals surface area contributed by atoms with Crippen LogP contribution in [0, 0.1) is 0 Å². The summed E-state index contributed by atoms with van der Waals surface area (Å²) in [6.07, 6.45) is 1.36. The van der Waals surface area contributed by atoms with Crippen molar-refractivity contribution in [2.75, 3.05) is 19.8 Å². The first-order valence-electron chi connectivity index (χ1n) is 9.17. The van der Waals surface area contributed by atoms with Crippen LogP contribution in [0.1, 0.15) is 38.5 Å². The lowest BCUT2D eigenvalue weighted by atomic mass is 10.4. The number of phosphoric acid groups is 1. The smallest absolute Gasteiger partial charge is 0.390 e. The molecule has 0 fully saturated rings. The molecule has 0 heterocycles. The summed E-state index contributed by atoms with van der Waals surface area (Å²) in [6.45, 7) is -0.328. The highest BCUT2D eigenvalue weighted by Crippen LogP contribution is 2.50. The van der Waals surface area contributed by atoms with Gasteiger partial charge < -0.3 is 43.2 Å². The van der Waals surface area contributed by atoms with E-state index in [9.17, 15) is 4.57 Å². The molecule has 0 aromatic heterocycles. The summed E-state index contributed by atoms with van der Waals surface area (Å²) >= 11 is 0. The third kappa shape index (κ3) is 21.4. The minimum atomic E-state index is -4.15. The van der Waals surface area contributed by atoms with Crippen LogP contribution in [-0.2, 0) is 18.1 Å². The van der Waals surface area contributed by atoms with Gasteiger partial charge in [-0.05, 0) is 38.5 Å². The van der Waals surface area contributed by atoms with E-state index in [0.717, 1.165) is 0 Å². The lowest BCUT2D eigenvalue weighted by molar-refractivity contribution is 0.109. The number of rotatable bonds is 18. The topological polar surface area (TPSA) is 227 Å². The van der Waals surface area contributed by atoms with Crippen molar-refractivity contribution in [1.29, 1.82) is 0 Å². The minimum Gasteiger partial charge on any atom is -0.390 e. The highest BCUT2D eigenvalue weighted by atomic mass is 31.2. The van der Waals surface area contributed by atoms with Gasteiger partial charge in [-0.25, -0.2) is 4.57 Å². The maximum Gasteiger partial charge on any atom is 0.492 e. The Morgan fingerprint density at radius 1 is 0.483 bits per heavy atom. The van der Waals surface area contributed by atoms with E-state index in [2.05, 4.69) is 0 Å². The number of phosphoric ester groups is 1. The van der Waals surface area contributed by atoms with Crippen LogP contribution in [0.4, 0.5) is 0 Å². The Morgan fingerprint density at radius 3 is 0.931 bits per heavy atom. The molecule has 0 saturated heterocycles. The zero-order chi connectivity index (χ0) is 22.6. The van der Waals surface area contributed by atoms with Gasteiger partial charge in [-0.2, -0.15) is 0 Å². The van der Waals surface area contributed by atoms with Crippen LogP contribution in [-0.4, -0.2) is 89.4 Å². The van der Waals surface area contributed by atoms with Gasteiger partial charge in [0, 0.05) is 18.1 Å². The Hall–Kier alpha value is 0.401. The first kappa shape index (κ1) is 29.4. The van der Waals surface area contributed by atoms with Crippen LogP contribution in [0.15, 0.2) is 0 Å². The lowest BCUT2D eigenvalue weighted by Gasteiger charge is -2.19. The molecule has 0 unspecified atom stereocenters. The van der Waals surface area contributed by atoms with Gasteiger partial charge in [0.25, 0.3) is 0 Å². The predicted molar refractivity (Wildman–Crippen MR) is 105 cm³/mol. The molecule has 17 heteroatoms. The molecule has 0 aliphatic heterocycles. The van der Waals surface area contributed by atoms with Gasteiger partial charge in [0.05, 0.1) is 19.8 Å². The largest absolute Gasteiger partial charge is 0.492 e. The SMILES string of the molecule is O=P(OCCCC[Si](O)(O)O)(OCCCC[Si](O)(O)O)OCCCC[Si](O)(O)O. The van der Waals surface area contributed by atoms with E-state index in [1.165, 1.54) is 0 Å². The molecule has 0 spiro atoms. The Balaban J connectivity index is 4.35. The third-order valence-electron chi connectivity index (χ3n) is 3.47. The molecule has 0 saturated carbocycles. The van der Waals surface area contributed by atoms with Crippen molar-refractivity contribution in [1.82, 2.24) is 0 Å². The first-order chi connectivity index (χ1) is 13.1. The van der Waals surface area contributed by atoms with E-state index in [-0.39, 0.29) is 76.5 Å². The zero-order valence-corrected chi connectivity index (χ0v) is 20.0. The molecular weight excluding hydrogens is 467 g/mol. The van der Waals surface area contributed by atoms with Gasteiger partial charge in [0.15, 0.2) is 0 Å². The third-order valence-corrected chi connectivity index (χ3v) is 8.04. The van der Waals surface area contributed by atoms with Crippen molar-refractivity contribution < 1.29 is 61.3 Å². The van der Waals surface area contributed by atoms with E-state index in [1.807, 2.05) is 0 Å². The molecule has 0 bridgehead atoms. The maximum absolute atomic E-state index is 12.6. The molecule has 0 atom stereocenters. The standard InChI is InChI=1S/C12H33O13PSi3/c13-26(23-7-1-4-10-27(14,15)16,24-8-2-5-11-28(17,18)19)25-9-3-6-12-29(20,21)22/h14-22H,1-12H2. The maximum atomic E-state index is 12.6. The lowest BCUT2D eigenvalue weighted by Crippen LogP contribution is -2.34. The Labute approximate surface area is 172 Å². The highest BCUT2D eigenvalue weighted by molar-refractivity contribution is 7.48. The van der Waals surface area contributed by atoms with Gasteiger partial charge in [-0.3, -0.25) is 13.6 Å². The van der Waals surface area contributed by atoms with Crippen LogP contribution in [0.25, 0.3) is 0 Å². The minimum absolute atomic E-state index is 0.109. The van der Waals surface area contributed by atoms with Gasteiger partial charge in [0.2, 0.25) is 0 Å². The summed E-state index contributed by atoms with van der Waals surface area (Å²) < 4.78 is 28.0. The van der Waals surface area contributed by atoms with E-state index < -0.39 is 34.2 Å². The van der Waals surface area contributed by atoms with Gasteiger partial charge in [-0.1, -0.05) is 0 Å². The molecule has 13 nitrogen and oxygen atoms in total. The van der Waals surface area contributed by atoms with E-state index in [4.69, 9.17) is 56.7 Å². The number of hydrogen-bond acceptors (Lipinski definition) is 13. The van der Waals surface area contributed by atoms with E-state index >= 15 is 0 Å². The Morgan fingerprint density at radius 2 is 0.724 bits per heavy atom. The average Bonchev–Trinajstić information content (AvgIpc) is 2.50. The van der Waals surface area contributed by atoms with Crippen molar-refractivity contribution in [2.45, 2.75) is 56.7 Å². The van der Waals surface area contributed by atoms with E-state index in [0.29, 0.717) is 0 Å². The molecule has 9 N–H and O–H groups in total. The summed E-state index contributed by atoms with van der Waals surface area (Å²) in [7, 11) is -16.4. The van der Waals surface area contributed by atoms with Crippen LogP contribution in [0.5, 0.6) is 0 Å². The molecule has 0 aromatic carbocycles. The summed E-state index contributed by atoms with van der Waals surface area (Å²) in [6, 6.07) is -0.605. The van der Waals surface area contributed by atoms with Gasteiger partial charge >= 0.3 is 34.2 Å². The first-order valence-corrected chi connectivity index (χ1v) is 16.8. The second-order valence-electron chi connectivity index (χ2n) is 6.64. The summed E-state index contributed by atoms with van der Waals surface area (Å²) in [5.41, 5.74) is 0. The molecule has 0 rings (SSSR count). The van der Waals surface area contributed by atoms with Crippen molar-refractivity contribution >= 4 is 34.2 Å². The predicted octanol–water partition coefficient (Wildman–Crippen LogP) is -1.77. The van der Waals surface area contributed by atoms with Crippen LogP contribution in [0.3, 0.4) is 0 Å². The molecule has 0 amide bonds. The normalized spacial score (nSPS) is 13.8. The molecule has 0 aliphatic carbocycles. The Bertz CT molecular complexity index is 411. The quantitative estimate of drug-likeness (QED) is 0.0577. The van der Waals surface area contributed by atoms with Crippen molar-refractivity contribution in [3.8, 4) is 0 Å². The van der Waals surface area contributed by atoms with Gasteiger partial charge in [-0.15, -0.1) is 0 Å². The molecule has 176 valence electrons. The molecule has 0 aromatic rings. The van der Waals surface area contributed by atoms with Crippen LogP contribution < -0.4 is 0 Å². The monoisotopic (exact) mass is 500 g/mol. The number of unbranched alkanes of at least 4 members (excludes halogenated alkanes) is 3. The average molecular weight is 501 g/mol. The molecule has 0 aliphatic rings. The van der Waals surface area contributed by atoms with Crippen molar-refractivity contribution in [3.05, 3.63) is 0 Å². The van der Waals surface area contributed by atoms with Crippen LogP contribution in [0.2, 0.25) is 18.1 Å². The summed E-state index contributed by atoms with van der Waals surface area (Å²) in [4.78, 5) is 80.4. The molecule has 0 radical (unpaired) electrons. The second-order valence-corrected chi connectivity index (χ2v) is 14.5.